The lowest BCUT2D eigenvalue weighted by Crippen LogP contribution is -2.54. The van der Waals surface area contributed by atoms with Crippen LogP contribution in [0.15, 0.2) is 42.8 Å². The average molecular weight is 776 g/mol. The molecule has 3 aliphatic heterocycles. The van der Waals surface area contributed by atoms with Gasteiger partial charge in [0.15, 0.2) is 17.8 Å². The fourth-order valence-corrected chi connectivity index (χ4v) is 8.11. The van der Waals surface area contributed by atoms with Crippen LogP contribution in [0.2, 0.25) is 0 Å². The fraction of sp³-hybridized carbons (Fsp3) is 0.558. The minimum atomic E-state index is -0.892. The molecule has 1 aliphatic carbocycles. The number of aryl methyl sites for hydroxylation is 2. The van der Waals surface area contributed by atoms with Gasteiger partial charge >= 0.3 is 11.9 Å². The lowest BCUT2D eigenvalue weighted by molar-refractivity contribution is -0.158. The van der Waals surface area contributed by atoms with E-state index in [2.05, 4.69) is 37.0 Å². The summed E-state index contributed by atoms with van der Waals surface area (Å²) in [5, 5.41) is 11.9. The molecular weight excluding hydrogens is 718 g/mol. The fourth-order valence-electron chi connectivity index (χ4n) is 8.11. The molecule has 0 saturated carbocycles. The summed E-state index contributed by atoms with van der Waals surface area (Å²) in [6.45, 7) is 14.2. The molecule has 6 rings (SSSR count). The van der Waals surface area contributed by atoms with E-state index >= 15 is 0 Å². The van der Waals surface area contributed by atoms with E-state index < -0.39 is 24.2 Å². The van der Waals surface area contributed by atoms with E-state index in [1.165, 1.54) is 19.6 Å². The summed E-state index contributed by atoms with van der Waals surface area (Å²) in [5.41, 5.74) is 5.89. The number of esters is 2. The molecule has 0 spiro atoms. The maximum Gasteiger partial charge on any atom is 0.329 e. The highest BCUT2D eigenvalue weighted by molar-refractivity contribution is 6.04. The number of Topliss-reactive ketones (excluding diaryl/α,β-unsaturated/α-hetero) is 2. The molecule has 1 amide bonds. The van der Waals surface area contributed by atoms with Crippen molar-refractivity contribution in [3.05, 3.63) is 65.0 Å². The minimum absolute atomic E-state index is 0.0653. The molecule has 3 heterocycles. The molecule has 2 aromatic rings. The number of likely N-dealkylation sites (N-methyl/N-ethyl adjacent to an activating group) is 1. The standard InChI is InChI=1S/C32H38N2O6.C11H19NO4/c1-17(2)29(33-20(5)38-6)31(36)34-19(4)8-11-26(34)32(37)40-27-12-9-21-14-25-23-10-7-18(3)13-22(23)16-39-28(25)15-24(21)30(27)35;1-8(14)7-16-11(15)10-5-9(3-4-13)6-12(10)2/h7,10,13-15,17,19,26-27,29,33H,5,8-9,11-12,16H2,1-4,6H3;9-10,13H,3-7H2,1-2H3/t19-,26-,27?,29-;9-,10-/m00/s1. The number of ketones is 2. The summed E-state index contributed by atoms with van der Waals surface area (Å²) in [7, 11) is 3.34. The van der Waals surface area contributed by atoms with Crippen LogP contribution in [0.5, 0.6) is 5.75 Å². The molecule has 4 aliphatic rings. The van der Waals surface area contributed by atoms with Gasteiger partial charge in [0.05, 0.1) is 7.11 Å². The average Bonchev–Trinajstić information content (AvgIpc) is 3.74. The molecule has 2 fully saturated rings. The number of nitrogens with zero attached hydrogens (tertiary/aromatic N) is 2. The third-order valence-corrected chi connectivity index (χ3v) is 11.2. The Kier molecular flexibility index (Phi) is 14.0. The van der Waals surface area contributed by atoms with E-state index in [1.54, 1.807) is 11.0 Å². The van der Waals surface area contributed by atoms with E-state index in [9.17, 15) is 24.0 Å². The third-order valence-electron chi connectivity index (χ3n) is 11.2. The first-order valence-electron chi connectivity index (χ1n) is 19.6. The lowest BCUT2D eigenvalue weighted by atomic mass is 9.84. The summed E-state index contributed by atoms with van der Waals surface area (Å²) in [6.07, 6.45) is 2.69. The van der Waals surface area contributed by atoms with Gasteiger partial charge in [0.1, 0.15) is 37.1 Å². The molecule has 2 saturated heterocycles. The Labute approximate surface area is 329 Å². The van der Waals surface area contributed by atoms with Crippen LogP contribution in [0.3, 0.4) is 0 Å². The van der Waals surface area contributed by atoms with Crippen LogP contribution >= 0.6 is 0 Å². The van der Waals surface area contributed by atoms with Crippen molar-refractivity contribution in [1.82, 2.24) is 15.1 Å². The Morgan fingerprint density at radius 2 is 1.77 bits per heavy atom. The zero-order chi connectivity index (χ0) is 40.8. The van der Waals surface area contributed by atoms with Gasteiger partial charge in [-0.25, -0.2) is 4.79 Å². The molecule has 304 valence electrons. The van der Waals surface area contributed by atoms with E-state index in [1.807, 2.05) is 38.8 Å². The normalized spacial score (nSPS) is 23.1. The maximum absolute atomic E-state index is 13.6. The second-order valence-corrected chi connectivity index (χ2v) is 15.8. The number of amides is 1. The Morgan fingerprint density at radius 3 is 2.45 bits per heavy atom. The van der Waals surface area contributed by atoms with Gasteiger partial charge in [0.2, 0.25) is 11.7 Å². The zero-order valence-corrected chi connectivity index (χ0v) is 33.7. The second-order valence-electron chi connectivity index (χ2n) is 15.8. The number of methoxy groups -OCH3 is 1. The molecule has 0 radical (unpaired) electrons. The van der Waals surface area contributed by atoms with E-state index in [0.29, 0.717) is 62.4 Å². The van der Waals surface area contributed by atoms with Gasteiger partial charge < -0.3 is 34.3 Å². The van der Waals surface area contributed by atoms with Crippen molar-refractivity contribution < 1.29 is 48.0 Å². The number of likely N-dealkylation sites (tertiary alicyclic amines) is 2. The van der Waals surface area contributed by atoms with Crippen LogP contribution in [-0.4, -0.2) is 109 Å². The van der Waals surface area contributed by atoms with Crippen LogP contribution in [0.4, 0.5) is 0 Å². The van der Waals surface area contributed by atoms with Crippen molar-refractivity contribution in [2.75, 3.05) is 33.9 Å². The molecule has 2 aromatic carbocycles. The third kappa shape index (κ3) is 9.61. The molecule has 6 atom stereocenters. The number of benzene rings is 2. The number of carbonyl (C=O) groups excluding carboxylic acids is 5. The van der Waals surface area contributed by atoms with Crippen LogP contribution in [0.25, 0.3) is 11.1 Å². The largest absolute Gasteiger partial charge is 0.488 e. The number of rotatable bonds is 12. The second kappa shape index (κ2) is 18.5. The first-order valence-corrected chi connectivity index (χ1v) is 19.6. The highest BCUT2D eigenvalue weighted by atomic mass is 16.6. The number of aliphatic hydroxyl groups excluding tert-OH is 1. The number of aliphatic hydroxyl groups is 1. The number of nitrogens with one attached hydrogen (secondary N) is 1. The van der Waals surface area contributed by atoms with Gasteiger partial charge in [-0.2, -0.15) is 0 Å². The van der Waals surface area contributed by atoms with Crippen molar-refractivity contribution in [1.29, 1.82) is 0 Å². The molecule has 56 heavy (non-hydrogen) atoms. The van der Waals surface area contributed by atoms with E-state index in [4.69, 9.17) is 24.1 Å². The molecule has 1 unspecified atom stereocenters. The first kappa shape index (κ1) is 42.4. The van der Waals surface area contributed by atoms with Crippen LogP contribution in [0.1, 0.15) is 86.8 Å². The molecule has 2 N–H and O–H groups in total. The number of hydrogen-bond donors (Lipinski definition) is 2. The maximum atomic E-state index is 13.6. The molecule has 13 nitrogen and oxygen atoms in total. The minimum Gasteiger partial charge on any atom is -0.488 e. The van der Waals surface area contributed by atoms with E-state index in [-0.39, 0.29) is 60.5 Å². The van der Waals surface area contributed by atoms with Gasteiger partial charge in [-0.1, -0.05) is 37.6 Å². The van der Waals surface area contributed by atoms with Gasteiger partial charge in [-0.15, -0.1) is 0 Å². The van der Waals surface area contributed by atoms with Crippen molar-refractivity contribution >= 4 is 29.4 Å². The molecule has 13 heteroatoms. The SMILES string of the molecule is C=C(N[C@H](C(=O)N1[C@@H](C)CC[C@H]1C(=O)OC1CCc2cc3c(cc2C1=O)OCc1cc(C)ccc1-3)C(C)C)OC.CC(=O)COC(=O)[C@@H]1C[C@H](CCO)CN1C. The van der Waals surface area contributed by atoms with Crippen molar-refractivity contribution in [3.63, 3.8) is 0 Å². The zero-order valence-electron chi connectivity index (χ0n) is 33.7. The quantitative estimate of drug-likeness (QED) is 0.230. The highest BCUT2D eigenvalue weighted by Crippen LogP contribution is 2.41. The van der Waals surface area contributed by atoms with E-state index in [0.717, 1.165) is 28.8 Å². The van der Waals surface area contributed by atoms with Gasteiger partial charge in [0.25, 0.3) is 0 Å². The summed E-state index contributed by atoms with van der Waals surface area (Å²) < 4.78 is 21.9. The smallest absolute Gasteiger partial charge is 0.329 e. The monoisotopic (exact) mass is 775 g/mol. The Bertz CT molecular complexity index is 1820. The number of ether oxygens (including phenoxy) is 4. The predicted molar refractivity (Wildman–Crippen MR) is 209 cm³/mol. The number of carbonyl (C=O) groups is 5. The van der Waals surface area contributed by atoms with Crippen LogP contribution in [0, 0.1) is 18.8 Å². The topological polar surface area (TPSA) is 161 Å². The predicted octanol–water partition coefficient (Wildman–Crippen LogP) is 4.53. The lowest BCUT2D eigenvalue weighted by Gasteiger charge is -2.34. The van der Waals surface area contributed by atoms with Crippen molar-refractivity contribution in [2.24, 2.45) is 11.8 Å². The van der Waals surface area contributed by atoms with Crippen molar-refractivity contribution in [3.8, 4) is 16.9 Å². The first-order chi connectivity index (χ1) is 26.6. The highest BCUT2D eigenvalue weighted by Gasteiger charge is 2.44. The van der Waals surface area contributed by atoms with Gasteiger partial charge in [-0.05, 0) is 114 Å². The molecule has 0 aromatic heterocycles. The molecular formula is C43H57N3O10. The summed E-state index contributed by atoms with van der Waals surface area (Å²) >= 11 is 0. The Hall–Kier alpha value is -4.75. The van der Waals surface area contributed by atoms with Gasteiger partial charge in [0, 0.05) is 30.3 Å². The summed E-state index contributed by atoms with van der Waals surface area (Å²) in [5.74, 6) is -0.229. The van der Waals surface area contributed by atoms with Gasteiger partial charge in [-0.3, -0.25) is 24.1 Å². The summed E-state index contributed by atoms with van der Waals surface area (Å²) in [6, 6.07) is 8.40. The van der Waals surface area contributed by atoms with Crippen molar-refractivity contribution in [2.45, 2.75) is 110 Å². The Balaban J connectivity index is 0.000000315. The molecule has 0 bridgehead atoms. The Morgan fingerprint density at radius 1 is 1.02 bits per heavy atom. The van der Waals surface area contributed by atoms with Crippen LogP contribution < -0.4 is 10.1 Å². The van der Waals surface area contributed by atoms with Crippen LogP contribution in [-0.2, 0) is 46.4 Å². The summed E-state index contributed by atoms with van der Waals surface area (Å²) in [4.78, 5) is 66.4. The number of fused-ring (bicyclic) bond motifs is 4. The number of hydrogen-bond acceptors (Lipinski definition) is 12.